The summed E-state index contributed by atoms with van der Waals surface area (Å²) in [6.45, 7) is 4.38. The highest BCUT2D eigenvalue weighted by atomic mass is 16.5. The second-order valence-corrected chi connectivity index (χ2v) is 4.68. The maximum atomic E-state index is 11.5. The highest BCUT2D eigenvalue weighted by Crippen LogP contribution is 2.52. The molecular weight excluding hydrogens is 224 g/mol. The largest absolute Gasteiger partial charge is 0.463 e. The molecule has 2 heteroatoms. The van der Waals surface area contributed by atoms with E-state index in [4.69, 9.17) is 4.74 Å². The van der Waals surface area contributed by atoms with Crippen molar-refractivity contribution in [2.75, 3.05) is 6.61 Å². The Morgan fingerprint density at radius 3 is 2.67 bits per heavy atom. The third-order valence-corrected chi connectivity index (χ3v) is 3.49. The summed E-state index contributed by atoms with van der Waals surface area (Å²) in [5.41, 5.74) is 2.60. The molecule has 1 saturated carbocycles. The van der Waals surface area contributed by atoms with Gasteiger partial charge in [0.1, 0.15) is 0 Å². The van der Waals surface area contributed by atoms with E-state index in [1.54, 1.807) is 6.08 Å². The fourth-order valence-corrected chi connectivity index (χ4v) is 2.48. The van der Waals surface area contributed by atoms with E-state index < -0.39 is 0 Å². The summed E-state index contributed by atoms with van der Waals surface area (Å²) in [6, 6.07) is 10.5. The molecule has 0 unspecified atom stereocenters. The van der Waals surface area contributed by atoms with Gasteiger partial charge in [0.15, 0.2) is 0 Å². The molecule has 2 atom stereocenters. The lowest BCUT2D eigenvalue weighted by Gasteiger charge is -2.04. The van der Waals surface area contributed by atoms with Crippen LogP contribution in [0, 0.1) is 5.92 Å². The molecule has 1 aliphatic rings. The van der Waals surface area contributed by atoms with Crippen LogP contribution >= 0.6 is 0 Å². The van der Waals surface area contributed by atoms with Gasteiger partial charge in [0.05, 0.1) is 6.61 Å². The predicted molar refractivity (Wildman–Crippen MR) is 72.3 cm³/mol. The van der Waals surface area contributed by atoms with Crippen LogP contribution in [0.15, 0.2) is 42.0 Å². The Kier molecular flexibility index (Phi) is 4.19. The number of carbonyl (C=O) groups is 1. The fourth-order valence-electron chi connectivity index (χ4n) is 2.48. The van der Waals surface area contributed by atoms with Crippen LogP contribution in [0.5, 0.6) is 0 Å². The zero-order valence-corrected chi connectivity index (χ0v) is 11.1. The molecular formula is C16H20O2. The molecule has 0 spiro atoms. The van der Waals surface area contributed by atoms with E-state index >= 15 is 0 Å². The topological polar surface area (TPSA) is 26.3 Å². The van der Waals surface area contributed by atoms with Crippen molar-refractivity contribution >= 4 is 5.97 Å². The van der Waals surface area contributed by atoms with E-state index in [0.717, 1.165) is 12.8 Å². The molecule has 0 amide bonds. The van der Waals surface area contributed by atoms with E-state index in [-0.39, 0.29) is 5.97 Å². The summed E-state index contributed by atoms with van der Waals surface area (Å²) in [5, 5.41) is 0. The second kappa shape index (κ2) is 5.85. The van der Waals surface area contributed by atoms with Gasteiger partial charge in [-0.25, -0.2) is 4.79 Å². The molecule has 0 radical (unpaired) electrons. The Morgan fingerprint density at radius 2 is 2.06 bits per heavy atom. The standard InChI is InChI=1S/C16H20O2/c1-3-12(10-16(17)18-4-2)14-11-15(14)13-8-6-5-7-9-13/h5-10,14-15H,3-4,11H2,1-2H3/t14-,15-/m0/s1. The summed E-state index contributed by atoms with van der Waals surface area (Å²) in [6.07, 6.45) is 3.77. The van der Waals surface area contributed by atoms with E-state index in [1.165, 1.54) is 11.1 Å². The van der Waals surface area contributed by atoms with Gasteiger partial charge in [-0.15, -0.1) is 0 Å². The van der Waals surface area contributed by atoms with Crippen LogP contribution in [0.1, 0.15) is 38.2 Å². The SMILES string of the molecule is CCOC(=O)C=C(CC)[C@@H]1C[C@H]1c1ccccc1. The van der Waals surface area contributed by atoms with Crippen molar-refractivity contribution in [2.24, 2.45) is 5.92 Å². The maximum absolute atomic E-state index is 11.5. The lowest BCUT2D eigenvalue weighted by Crippen LogP contribution is -2.02. The van der Waals surface area contributed by atoms with Gasteiger partial charge in [-0.1, -0.05) is 42.8 Å². The molecule has 1 fully saturated rings. The maximum Gasteiger partial charge on any atom is 0.330 e. The minimum atomic E-state index is -0.201. The van der Waals surface area contributed by atoms with Crippen LogP contribution in [0.3, 0.4) is 0 Å². The molecule has 0 N–H and O–H groups in total. The smallest absolute Gasteiger partial charge is 0.330 e. The Hall–Kier alpha value is -1.57. The summed E-state index contributed by atoms with van der Waals surface area (Å²) < 4.78 is 4.98. The molecule has 2 rings (SSSR count). The molecule has 1 aromatic carbocycles. The Morgan fingerprint density at radius 1 is 1.33 bits per heavy atom. The molecule has 18 heavy (non-hydrogen) atoms. The van der Waals surface area contributed by atoms with Crippen molar-refractivity contribution in [3.8, 4) is 0 Å². The van der Waals surface area contributed by atoms with E-state index in [2.05, 4.69) is 31.2 Å². The molecule has 96 valence electrons. The summed E-state index contributed by atoms with van der Waals surface area (Å²) in [7, 11) is 0. The molecule has 1 aromatic rings. The van der Waals surface area contributed by atoms with Gasteiger partial charge >= 0.3 is 5.97 Å². The lowest BCUT2D eigenvalue weighted by atomic mass is 10.0. The summed E-state index contributed by atoms with van der Waals surface area (Å²) in [5.74, 6) is 0.918. The molecule has 0 heterocycles. The van der Waals surface area contributed by atoms with Crippen molar-refractivity contribution in [1.82, 2.24) is 0 Å². The average molecular weight is 244 g/mol. The molecule has 0 saturated heterocycles. The van der Waals surface area contributed by atoms with Crippen LogP contribution in [0.2, 0.25) is 0 Å². The number of benzene rings is 1. The van der Waals surface area contributed by atoms with Crippen molar-refractivity contribution in [3.63, 3.8) is 0 Å². The first-order valence-electron chi connectivity index (χ1n) is 6.68. The van der Waals surface area contributed by atoms with Crippen LogP contribution in [0.25, 0.3) is 0 Å². The van der Waals surface area contributed by atoms with Gasteiger partial charge in [-0.05, 0) is 37.2 Å². The van der Waals surface area contributed by atoms with Gasteiger partial charge in [0.2, 0.25) is 0 Å². The third-order valence-electron chi connectivity index (χ3n) is 3.49. The number of ether oxygens (including phenoxy) is 1. The van der Waals surface area contributed by atoms with Crippen molar-refractivity contribution in [1.29, 1.82) is 0 Å². The van der Waals surface area contributed by atoms with Crippen LogP contribution in [0.4, 0.5) is 0 Å². The number of rotatable bonds is 5. The summed E-state index contributed by atoms with van der Waals surface area (Å²) >= 11 is 0. The van der Waals surface area contributed by atoms with Crippen LogP contribution < -0.4 is 0 Å². The first-order valence-corrected chi connectivity index (χ1v) is 6.68. The zero-order chi connectivity index (χ0) is 13.0. The summed E-state index contributed by atoms with van der Waals surface area (Å²) in [4.78, 5) is 11.5. The Bertz CT molecular complexity index is 434. The number of allylic oxidation sites excluding steroid dienone is 1. The van der Waals surface area contributed by atoms with Gasteiger partial charge in [-0.2, -0.15) is 0 Å². The van der Waals surface area contributed by atoms with E-state index in [1.807, 2.05) is 13.0 Å². The number of carbonyl (C=O) groups excluding carboxylic acids is 1. The monoisotopic (exact) mass is 244 g/mol. The minimum absolute atomic E-state index is 0.201. The molecule has 1 aliphatic carbocycles. The van der Waals surface area contributed by atoms with Gasteiger partial charge in [0.25, 0.3) is 0 Å². The molecule has 0 aliphatic heterocycles. The Balaban J connectivity index is 2.02. The fraction of sp³-hybridized carbons (Fsp3) is 0.438. The number of hydrogen-bond acceptors (Lipinski definition) is 2. The first kappa shape index (κ1) is 12.9. The van der Waals surface area contributed by atoms with Gasteiger partial charge in [-0.3, -0.25) is 0 Å². The Labute approximate surface area is 109 Å². The first-order chi connectivity index (χ1) is 8.76. The van der Waals surface area contributed by atoms with Crippen LogP contribution in [-0.4, -0.2) is 12.6 Å². The minimum Gasteiger partial charge on any atom is -0.463 e. The number of hydrogen-bond donors (Lipinski definition) is 0. The van der Waals surface area contributed by atoms with Crippen molar-refractivity contribution in [3.05, 3.63) is 47.5 Å². The predicted octanol–water partition coefficient (Wildman–Crippen LogP) is 3.69. The van der Waals surface area contributed by atoms with Crippen LogP contribution in [-0.2, 0) is 9.53 Å². The van der Waals surface area contributed by atoms with Crippen molar-refractivity contribution in [2.45, 2.75) is 32.6 Å². The number of esters is 1. The van der Waals surface area contributed by atoms with E-state index in [9.17, 15) is 4.79 Å². The van der Waals surface area contributed by atoms with Gasteiger partial charge in [0, 0.05) is 6.08 Å². The van der Waals surface area contributed by atoms with E-state index in [0.29, 0.717) is 18.4 Å². The average Bonchev–Trinajstić information content (AvgIpc) is 3.17. The molecule has 0 bridgehead atoms. The highest BCUT2D eigenvalue weighted by Gasteiger charge is 2.40. The second-order valence-electron chi connectivity index (χ2n) is 4.68. The highest BCUT2D eigenvalue weighted by molar-refractivity contribution is 5.83. The van der Waals surface area contributed by atoms with Crippen molar-refractivity contribution < 1.29 is 9.53 Å². The quantitative estimate of drug-likeness (QED) is 0.583. The third kappa shape index (κ3) is 3.00. The molecule has 0 aromatic heterocycles. The molecule has 2 nitrogen and oxygen atoms in total. The normalized spacial score (nSPS) is 22.7. The van der Waals surface area contributed by atoms with Gasteiger partial charge < -0.3 is 4.74 Å². The lowest BCUT2D eigenvalue weighted by molar-refractivity contribution is -0.137. The zero-order valence-electron chi connectivity index (χ0n) is 11.1.